The zero-order valence-corrected chi connectivity index (χ0v) is 8.39. The smallest absolute Gasteiger partial charge is 0.0795 e. The van der Waals surface area contributed by atoms with E-state index < -0.39 is 0 Å². The molecule has 0 amide bonds. The van der Waals surface area contributed by atoms with Crippen LogP contribution in [-0.2, 0) is 6.54 Å². The molecule has 0 spiro atoms. The van der Waals surface area contributed by atoms with Crippen LogP contribution in [0, 0.1) is 11.8 Å². The van der Waals surface area contributed by atoms with Crippen molar-refractivity contribution < 1.29 is 0 Å². The molecular formula is C10H14N2S. The van der Waals surface area contributed by atoms with Crippen molar-refractivity contribution >= 4 is 11.3 Å². The maximum absolute atomic E-state index is 4.27. The van der Waals surface area contributed by atoms with Gasteiger partial charge in [0.25, 0.3) is 0 Å². The summed E-state index contributed by atoms with van der Waals surface area (Å²) in [5.41, 5.74) is 3.11. The summed E-state index contributed by atoms with van der Waals surface area (Å²) in [4.78, 5) is 4.27. The largest absolute Gasteiger partial charge is 0.308 e. The fourth-order valence-electron chi connectivity index (χ4n) is 2.52. The van der Waals surface area contributed by atoms with Crippen LogP contribution < -0.4 is 5.32 Å². The van der Waals surface area contributed by atoms with E-state index in [1.165, 1.54) is 25.0 Å². The average molecular weight is 194 g/mol. The van der Waals surface area contributed by atoms with Crippen LogP contribution in [0.15, 0.2) is 10.9 Å². The Kier molecular flexibility index (Phi) is 1.87. The zero-order valence-electron chi connectivity index (χ0n) is 7.57. The molecule has 1 aromatic heterocycles. The maximum atomic E-state index is 4.27. The molecule has 2 aliphatic carbocycles. The van der Waals surface area contributed by atoms with Crippen molar-refractivity contribution in [3.05, 3.63) is 16.6 Å². The molecule has 3 heteroatoms. The minimum atomic E-state index is 0.798. The summed E-state index contributed by atoms with van der Waals surface area (Å²) in [6.07, 6.45) is 4.33. The molecule has 0 saturated heterocycles. The lowest BCUT2D eigenvalue weighted by atomic mass is 10.2. The van der Waals surface area contributed by atoms with Crippen molar-refractivity contribution in [3.8, 4) is 0 Å². The molecular weight excluding hydrogens is 180 g/mol. The van der Waals surface area contributed by atoms with Crippen LogP contribution in [0.3, 0.4) is 0 Å². The SMILES string of the molecule is c1nc(CNC2CCC3CC32)cs1. The number of aromatic nitrogens is 1. The van der Waals surface area contributed by atoms with Crippen molar-refractivity contribution in [3.63, 3.8) is 0 Å². The Morgan fingerprint density at radius 3 is 3.15 bits per heavy atom. The highest BCUT2D eigenvalue weighted by Crippen LogP contribution is 2.51. The fraction of sp³-hybridized carbons (Fsp3) is 0.700. The summed E-state index contributed by atoms with van der Waals surface area (Å²) < 4.78 is 0. The van der Waals surface area contributed by atoms with E-state index in [1.54, 1.807) is 11.3 Å². The first kappa shape index (κ1) is 7.94. The Balaban J connectivity index is 1.53. The topological polar surface area (TPSA) is 24.9 Å². The van der Waals surface area contributed by atoms with Gasteiger partial charge in [0.2, 0.25) is 0 Å². The number of nitrogens with zero attached hydrogens (tertiary/aromatic N) is 1. The molecule has 13 heavy (non-hydrogen) atoms. The minimum absolute atomic E-state index is 0.798. The molecule has 3 atom stereocenters. The molecule has 1 N–H and O–H groups in total. The van der Waals surface area contributed by atoms with Crippen LogP contribution in [0.4, 0.5) is 0 Å². The second kappa shape index (κ2) is 3.07. The van der Waals surface area contributed by atoms with Crippen molar-refractivity contribution in [2.45, 2.75) is 31.8 Å². The van der Waals surface area contributed by atoms with Crippen LogP contribution in [0.2, 0.25) is 0 Å². The van der Waals surface area contributed by atoms with Crippen LogP contribution in [-0.4, -0.2) is 11.0 Å². The van der Waals surface area contributed by atoms with Crippen molar-refractivity contribution in [2.24, 2.45) is 11.8 Å². The van der Waals surface area contributed by atoms with Crippen LogP contribution >= 0.6 is 11.3 Å². The first-order valence-corrected chi connectivity index (χ1v) is 5.98. The molecule has 0 aromatic carbocycles. The lowest BCUT2D eigenvalue weighted by molar-refractivity contribution is 0.472. The summed E-state index contributed by atoms with van der Waals surface area (Å²) >= 11 is 1.68. The van der Waals surface area contributed by atoms with Gasteiger partial charge in [0.05, 0.1) is 11.2 Å². The summed E-state index contributed by atoms with van der Waals surface area (Å²) in [6.45, 7) is 0.970. The van der Waals surface area contributed by atoms with E-state index in [1.807, 2.05) is 5.51 Å². The predicted molar refractivity (Wildman–Crippen MR) is 53.6 cm³/mol. The van der Waals surface area contributed by atoms with Crippen LogP contribution in [0.25, 0.3) is 0 Å². The van der Waals surface area contributed by atoms with Gasteiger partial charge >= 0.3 is 0 Å². The number of hydrogen-bond donors (Lipinski definition) is 1. The Bertz CT molecular complexity index is 283. The van der Waals surface area contributed by atoms with Gasteiger partial charge < -0.3 is 5.32 Å². The third-order valence-electron chi connectivity index (χ3n) is 3.37. The van der Waals surface area contributed by atoms with Gasteiger partial charge in [0.1, 0.15) is 0 Å². The van der Waals surface area contributed by atoms with Crippen LogP contribution in [0.5, 0.6) is 0 Å². The molecule has 0 radical (unpaired) electrons. The van der Waals surface area contributed by atoms with E-state index in [0.29, 0.717) is 0 Å². The third-order valence-corrected chi connectivity index (χ3v) is 4.01. The van der Waals surface area contributed by atoms with E-state index >= 15 is 0 Å². The predicted octanol–water partition coefficient (Wildman–Crippen LogP) is 2.03. The van der Waals surface area contributed by atoms with E-state index in [4.69, 9.17) is 0 Å². The average Bonchev–Trinajstić information content (AvgIpc) is 2.64. The van der Waals surface area contributed by atoms with E-state index in [0.717, 1.165) is 24.4 Å². The number of hydrogen-bond acceptors (Lipinski definition) is 3. The van der Waals surface area contributed by atoms with E-state index in [-0.39, 0.29) is 0 Å². The van der Waals surface area contributed by atoms with Crippen LogP contribution in [0.1, 0.15) is 25.0 Å². The Morgan fingerprint density at radius 1 is 1.54 bits per heavy atom. The lowest BCUT2D eigenvalue weighted by Gasteiger charge is -2.12. The van der Waals surface area contributed by atoms with Gasteiger partial charge in [-0.05, 0) is 31.1 Å². The van der Waals surface area contributed by atoms with Gasteiger partial charge in [-0.1, -0.05) is 0 Å². The van der Waals surface area contributed by atoms with Gasteiger partial charge in [-0.3, -0.25) is 0 Å². The summed E-state index contributed by atoms with van der Waals surface area (Å²) in [6, 6.07) is 0.798. The summed E-state index contributed by atoms with van der Waals surface area (Å²) in [5.74, 6) is 2.09. The second-order valence-electron chi connectivity index (χ2n) is 4.20. The number of fused-ring (bicyclic) bond motifs is 1. The standard InChI is InChI=1S/C10H14N2S/c1-2-10(9-3-7(1)9)11-4-8-5-13-6-12-8/h5-7,9-11H,1-4H2. The highest BCUT2D eigenvalue weighted by Gasteiger charge is 2.47. The molecule has 70 valence electrons. The van der Waals surface area contributed by atoms with Gasteiger partial charge in [-0.15, -0.1) is 11.3 Å². The van der Waals surface area contributed by atoms with Gasteiger partial charge in [0.15, 0.2) is 0 Å². The normalized spacial score (nSPS) is 36.2. The van der Waals surface area contributed by atoms with Crippen molar-refractivity contribution in [1.82, 2.24) is 10.3 Å². The highest BCUT2D eigenvalue weighted by molar-refractivity contribution is 7.07. The Hall–Kier alpha value is -0.410. The Labute approximate surface area is 82.4 Å². The fourth-order valence-corrected chi connectivity index (χ4v) is 3.08. The maximum Gasteiger partial charge on any atom is 0.0795 e. The second-order valence-corrected chi connectivity index (χ2v) is 4.92. The molecule has 2 saturated carbocycles. The van der Waals surface area contributed by atoms with Gasteiger partial charge in [-0.2, -0.15) is 0 Å². The summed E-state index contributed by atoms with van der Waals surface area (Å²) in [5, 5.41) is 5.75. The molecule has 2 nitrogen and oxygen atoms in total. The highest BCUT2D eigenvalue weighted by atomic mass is 32.1. The number of thiazole rings is 1. The van der Waals surface area contributed by atoms with Gasteiger partial charge in [0, 0.05) is 18.0 Å². The molecule has 0 aliphatic heterocycles. The molecule has 2 aliphatic rings. The van der Waals surface area contributed by atoms with E-state index in [9.17, 15) is 0 Å². The third kappa shape index (κ3) is 1.51. The molecule has 1 aromatic rings. The zero-order chi connectivity index (χ0) is 8.67. The Morgan fingerprint density at radius 2 is 2.54 bits per heavy atom. The minimum Gasteiger partial charge on any atom is -0.308 e. The number of rotatable bonds is 3. The van der Waals surface area contributed by atoms with E-state index in [2.05, 4.69) is 15.7 Å². The van der Waals surface area contributed by atoms with Crippen molar-refractivity contribution in [1.29, 1.82) is 0 Å². The quantitative estimate of drug-likeness (QED) is 0.796. The first-order valence-electron chi connectivity index (χ1n) is 5.04. The van der Waals surface area contributed by atoms with Gasteiger partial charge in [-0.25, -0.2) is 4.98 Å². The lowest BCUT2D eigenvalue weighted by Crippen LogP contribution is -2.28. The molecule has 2 fully saturated rings. The molecule has 0 bridgehead atoms. The number of nitrogens with one attached hydrogen (secondary N) is 1. The molecule has 3 unspecified atom stereocenters. The monoisotopic (exact) mass is 194 g/mol. The van der Waals surface area contributed by atoms with Crippen molar-refractivity contribution in [2.75, 3.05) is 0 Å². The molecule has 1 heterocycles. The molecule has 3 rings (SSSR count). The summed E-state index contributed by atoms with van der Waals surface area (Å²) in [7, 11) is 0. The first-order chi connectivity index (χ1) is 6.43.